The Hall–Kier alpha value is -2.66. The molecule has 2 amide bonds. The molecule has 0 spiro atoms. The Morgan fingerprint density at radius 1 is 1.00 bits per heavy atom. The summed E-state index contributed by atoms with van der Waals surface area (Å²) in [5, 5.41) is 2.87. The zero-order valence-corrected chi connectivity index (χ0v) is 16.2. The van der Waals surface area contributed by atoms with Crippen LogP contribution in [0.1, 0.15) is 42.6 Å². The molecule has 2 aromatic rings. The molecule has 4 rings (SSSR count). The number of nitrogens with one attached hydrogen (secondary N) is 1. The number of carbonyl (C=O) groups excluding carboxylic acids is 2. The number of morpholine rings is 1. The number of benzene rings is 2. The summed E-state index contributed by atoms with van der Waals surface area (Å²) < 4.78 is 6.00. The molecule has 0 bridgehead atoms. The molecule has 2 aromatic carbocycles. The van der Waals surface area contributed by atoms with E-state index in [9.17, 15) is 9.59 Å². The lowest BCUT2D eigenvalue weighted by Crippen LogP contribution is -2.49. The highest BCUT2D eigenvalue weighted by molar-refractivity contribution is 6.39. The summed E-state index contributed by atoms with van der Waals surface area (Å²) in [5.41, 5.74) is 4.24. The Balaban J connectivity index is 1.47. The van der Waals surface area contributed by atoms with Gasteiger partial charge in [0, 0.05) is 12.2 Å². The Labute approximate surface area is 165 Å². The smallest absolute Gasteiger partial charge is 0.313 e. The van der Waals surface area contributed by atoms with E-state index in [0.717, 1.165) is 30.5 Å². The molecule has 2 atom stereocenters. The van der Waals surface area contributed by atoms with Crippen molar-refractivity contribution in [2.24, 2.45) is 0 Å². The van der Waals surface area contributed by atoms with Crippen LogP contribution in [-0.4, -0.2) is 35.9 Å². The first-order valence-electron chi connectivity index (χ1n) is 10.0. The Morgan fingerprint density at radius 2 is 1.79 bits per heavy atom. The van der Waals surface area contributed by atoms with Crippen LogP contribution in [0.3, 0.4) is 0 Å². The number of aryl methyl sites for hydroxylation is 1. The van der Waals surface area contributed by atoms with Crippen LogP contribution in [0.4, 0.5) is 5.69 Å². The minimum Gasteiger partial charge on any atom is -0.367 e. The Bertz CT molecular complexity index is 865. The first kappa shape index (κ1) is 18.7. The second-order valence-corrected chi connectivity index (χ2v) is 7.66. The molecule has 2 aliphatic rings. The monoisotopic (exact) mass is 378 g/mol. The van der Waals surface area contributed by atoms with E-state index in [1.54, 1.807) is 4.90 Å². The van der Waals surface area contributed by atoms with Crippen molar-refractivity contribution in [1.29, 1.82) is 0 Å². The van der Waals surface area contributed by atoms with Crippen LogP contribution < -0.4 is 5.32 Å². The SMILES string of the molecule is C[C@@H]1CN(C(=O)C(=O)Nc2cccc3c2CCCC3)C[C@H](c2ccccc2)O1. The molecule has 0 unspecified atom stereocenters. The molecule has 0 saturated carbocycles. The number of ether oxygens (including phenoxy) is 1. The first-order valence-corrected chi connectivity index (χ1v) is 10.0. The lowest BCUT2D eigenvalue weighted by molar-refractivity contribution is -0.152. The molecule has 1 aliphatic heterocycles. The van der Waals surface area contributed by atoms with E-state index in [1.165, 1.54) is 17.5 Å². The van der Waals surface area contributed by atoms with Gasteiger partial charge in [0.25, 0.3) is 0 Å². The maximum absolute atomic E-state index is 12.9. The number of anilines is 1. The van der Waals surface area contributed by atoms with Crippen molar-refractivity contribution in [2.75, 3.05) is 18.4 Å². The highest BCUT2D eigenvalue weighted by atomic mass is 16.5. The maximum Gasteiger partial charge on any atom is 0.313 e. The van der Waals surface area contributed by atoms with Gasteiger partial charge in [-0.1, -0.05) is 42.5 Å². The highest BCUT2D eigenvalue weighted by Crippen LogP contribution is 2.28. The van der Waals surface area contributed by atoms with Crippen LogP contribution in [0.15, 0.2) is 48.5 Å². The quantitative estimate of drug-likeness (QED) is 0.814. The van der Waals surface area contributed by atoms with Crippen molar-refractivity contribution in [3.05, 3.63) is 65.2 Å². The van der Waals surface area contributed by atoms with Crippen molar-refractivity contribution < 1.29 is 14.3 Å². The van der Waals surface area contributed by atoms with Crippen LogP contribution in [-0.2, 0) is 27.2 Å². The topological polar surface area (TPSA) is 58.6 Å². The van der Waals surface area contributed by atoms with E-state index >= 15 is 0 Å². The molecule has 1 N–H and O–H groups in total. The van der Waals surface area contributed by atoms with Gasteiger partial charge < -0.3 is 15.0 Å². The van der Waals surface area contributed by atoms with Crippen molar-refractivity contribution >= 4 is 17.5 Å². The van der Waals surface area contributed by atoms with Crippen LogP contribution in [0.25, 0.3) is 0 Å². The Kier molecular flexibility index (Phi) is 5.44. The number of rotatable bonds is 2. The van der Waals surface area contributed by atoms with E-state index < -0.39 is 11.8 Å². The van der Waals surface area contributed by atoms with E-state index in [-0.39, 0.29) is 12.2 Å². The normalized spacial score (nSPS) is 21.7. The summed E-state index contributed by atoms with van der Waals surface area (Å²) in [6, 6.07) is 15.8. The molecule has 1 aliphatic carbocycles. The van der Waals surface area contributed by atoms with Gasteiger partial charge in [-0.25, -0.2) is 0 Å². The standard InChI is InChI=1S/C23H26N2O3/c1-16-14-25(15-21(28-16)18-9-3-2-4-10-18)23(27)22(26)24-20-13-7-11-17-8-5-6-12-19(17)20/h2-4,7,9-11,13,16,21H,5-6,8,12,14-15H2,1H3,(H,24,26)/t16-,21-/m1/s1. The zero-order chi connectivity index (χ0) is 19.5. The second-order valence-electron chi connectivity index (χ2n) is 7.66. The minimum absolute atomic E-state index is 0.125. The highest BCUT2D eigenvalue weighted by Gasteiger charge is 2.32. The Morgan fingerprint density at radius 3 is 2.61 bits per heavy atom. The molecule has 0 aromatic heterocycles. The maximum atomic E-state index is 12.9. The van der Waals surface area contributed by atoms with Gasteiger partial charge in [0.2, 0.25) is 0 Å². The van der Waals surface area contributed by atoms with Gasteiger partial charge in [-0.15, -0.1) is 0 Å². The summed E-state index contributed by atoms with van der Waals surface area (Å²) in [4.78, 5) is 27.2. The number of carbonyl (C=O) groups is 2. The van der Waals surface area contributed by atoms with Crippen LogP contribution >= 0.6 is 0 Å². The predicted molar refractivity (Wildman–Crippen MR) is 108 cm³/mol. The van der Waals surface area contributed by atoms with E-state index in [1.807, 2.05) is 49.4 Å². The van der Waals surface area contributed by atoms with Crippen molar-refractivity contribution in [3.8, 4) is 0 Å². The summed E-state index contributed by atoms with van der Waals surface area (Å²) >= 11 is 0. The van der Waals surface area contributed by atoms with Gasteiger partial charge in [-0.3, -0.25) is 9.59 Å². The third-order valence-corrected chi connectivity index (χ3v) is 5.56. The number of fused-ring (bicyclic) bond motifs is 1. The fourth-order valence-electron chi connectivity index (χ4n) is 4.19. The molecule has 5 nitrogen and oxygen atoms in total. The van der Waals surface area contributed by atoms with Crippen LogP contribution in [0, 0.1) is 0 Å². The van der Waals surface area contributed by atoms with E-state index in [2.05, 4.69) is 11.4 Å². The van der Waals surface area contributed by atoms with Gasteiger partial charge in [0.05, 0.1) is 12.6 Å². The van der Waals surface area contributed by atoms with E-state index in [4.69, 9.17) is 4.74 Å². The summed E-state index contributed by atoms with van der Waals surface area (Å²) in [6.07, 6.45) is 3.94. The fraction of sp³-hybridized carbons (Fsp3) is 0.391. The average molecular weight is 378 g/mol. The fourth-order valence-corrected chi connectivity index (χ4v) is 4.19. The molecule has 1 heterocycles. The van der Waals surface area contributed by atoms with Gasteiger partial charge in [-0.05, 0) is 55.4 Å². The molecule has 5 heteroatoms. The molecule has 1 saturated heterocycles. The lowest BCUT2D eigenvalue weighted by Gasteiger charge is -2.36. The molecule has 28 heavy (non-hydrogen) atoms. The van der Waals surface area contributed by atoms with E-state index in [0.29, 0.717) is 13.1 Å². The number of amides is 2. The predicted octanol–water partition coefficient (Wildman–Crippen LogP) is 3.49. The van der Waals surface area contributed by atoms with Crippen molar-refractivity contribution in [1.82, 2.24) is 4.90 Å². The number of hydrogen-bond donors (Lipinski definition) is 1. The number of hydrogen-bond acceptors (Lipinski definition) is 3. The molecular formula is C23H26N2O3. The van der Waals surface area contributed by atoms with Gasteiger partial charge in [0.15, 0.2) is 0 Å². The summed E-state index contributed by atoms with van der Waals surface area (Å²) in [7, 11) is 0. The third-order valence-electron chi connectivity index (χ3n) is 5.56. The number of nitrogens with zero attached hydrogens (tertiary/aromatic N) is 1. The second kappa shape index (κ2) is 8.15. The van der Waals surface area contributed by atoms with Gasteiger partial charge in [0.1, 0.15) is 6.10 Å². The van der Waals surface area contributed by atoms with Crippen LogP contribution in [0.2, 0.25) is 0 Å². The lowest BCUT2D eigenvalue weighted by atomic mass is 9.90. The molecular weight excluding hydrogens is 352 g/mol. The molecule has 1 fully saturated rings. The first-order chi connectivity index (χ1) is 13.6. The molecule has 146 valence electrons. The minimum atomic E-state index is -0.570. The molecule has 0 radical (unpaired) electrons. The zero-order valence-electron chi connectivity index (χ0n) is 16.2. The summed E-state index contributed by atoms with van der Waals surface area (Å²) in [6.45, 7) is 2.73. The van der Waals surface area contributed by atoms with Crippen LogP contribution in [0.5, 0.6) is 0 Å². The van der Waals surface area contributed by atoms with Gasteiger partial charge in [-0.2, -0.15) is 0 Å². The third kappa shape index (κ3) is 3.94. The van der Waals surface area contributed by atoms with Crippen molar-refractivity contribution in [3.63, 3.8) is 0 Å². The van der Waals surface area contributed by atoms with Gasteiger partial charge >= 0.3 is 11.8 Å². The average Bonchev–Trinajstić information content (AvgIpc) is 2.73. The summed E-state index contributed by atoms with van der Waals surface area (Å²) in [5.74, 6) is -1.07. The van der Waals surface area contributed by atoms with Crippen molar-refractivity contribution in [2.45, 2.75) is 44.8 Å². The largest absolute Gasteiger partial charge is 0.367 e.